The van der Waals surface area contributed by atoms with Crippen LogP contribution in [0.15, 0.2) is 24.7 Å². The van der Waals surface area contributed by atoms with Crippen molar-refractivity contribution in [2.75, 3.05) is 7.11 Å². The Morgan fingerprint density at radius 1 is 1.44 bits per heavy atom. The van der Waals surface area contributed by atoms with Crippen LogP contribution < -0.4 is 4.74 Å². The Balaban J connectivity index is 2.17. The average Bonchev–Trinajstić information content (AvgIpc) is 2.93. The fourth-order valence-corrected chi connectivity index (χ4v) is 3.09. The van der Waals surface area contributed by atoms with Gasteiger partial charge in [-0.2, -0.15) is 0 Å². The molecule has 1 atom stereocenters. The molecule has 94 valence electrons. The molecular formula is C14H15ClN2O. The van der Waals surface area contributed by atoms with Crippen LogP contribution in [-0.4, -0.2) is 17.1 Å². The Morgan fingerprint density at radius 3 is 3.06 bits per heavy atom. The third-order valence-electron chi connectivity index (χ3n) is 3.64. The number of fused-ring (bicyclic) bond motifs is 1. The number of benzene rings is 1. The predicted molar refractivity (Wildman–Crippen MR) is 71.4 cm³/mol. The highest BCUT2D eigenvalue weighted by Crippen LogP contribution is 2.43. The monoisotopic (exact) mass is 262 g/mol. The summed E-state index contributed by atoms with van der Waals surface area (Å²) in [4.78, 5) is 7.33. The van der Waals surface area contributed by atoms with E-state index in [9.17, 15) is 0 Å². The maximum Gasteiger partial charge on any atom is 0.123 e. The van der Waals surface area contributed by atoms with Gasteiger partial charge in [0.25, 0.3) is 0 Å². The molecule has 0 amide bonds. The highest BCUT2D eigenvalue weighted by Gasteiger charge is 2.27. The number of imidazole rings is 1. The minimum Gasteiger partial charge on any atom is -0.496 e. The van der Waals surface area contributed by atoms with Crippen LogP contribution in [0.5, 0.6) is 5.75 Å². The van der Waals surface area contributed by atoms with Crippen LogP contribution >= 0.6 is 11.6 Å². The summed E-state index contributed by atoms with van der Waals surface area (Å²) in [6.45, 7) is 0. The van der Waals surface area contributed by atoms with Crippen molar-refractivity contribution in [1.82, 2.24) is 9.97 Å². The number of hydrogen-bond donors (Lipinski definition) is 1. The summed E-state index contributed by atoms with van der Waals surface area (Å²) in [6.07, 6.45) is 6.88. The van der Waals surface area contributed by atoms with E-state index in [2.05, 4.69) is 9.97 Å². The van der Waals surface area contributed by atoms with Crippen molar-refractivity contribution in [1.29, 1.82) is 0 Å². The summed E-state index contributed by atoms with van der Waals surface area (Å²) in [5.41, 5.74) is 3.58. The van der Waals surface area contributed by atoms with Gasteiger partial charge in [0.2, 0.25) is 0 Å². The molecule has 1 N–H and O–H groups in total. The van der Waals surface area contributed by atoms with E-state index in [1.54, 1.807) is 13.4 Å². The molecule has 0 bridgehead atoms. The van der Waals surface area contributed by atoms with Crippen LogP contribution in [0.2, 0.25) is 5.02 Å². The third-order valence-corrected chi connectivity index (χ3v) is 4.00. The van der Waals surface area contributed by atoms with Crippen LogP contribution in [0.4, 0.5) is 0 Å². The number of aromatic nitrogens is 2. The second-order valence-corrected chi connectivity index (χ2v) is 5.00. The zero-order valence-corrected chi connectivity index (χ0v) is 11.0. The molecule has 0 spiro atoms. The van der Waals surface area contributed by atoms with Crippen LogP contribution in [0.25, 0.3) is 0 Å². The molecule has 4 heteroatoms. The van der Waals surface area contributed by atoms with Gasteiger partial charge in [-0.1, -0.05) is 11.6 Å². The maximum atomic E-state index is 6.32. The van der Waals surface area contributed by atoms with Crippen LogP contribution in [-0.2, 0) is 6.42 Å². The van der Waals surface area contributed by atoms with Gasteiger partial charge in [0.1, 0.15) is 5.75 Å². The molecule has 0 saturated heterocycles. The zero-order chi connectivity index (χ0) is 12.5. The topological polar surface area (TPSA) is 37.9 Å². The van der Waals surface area contributed by atoms with Crippen LogP contribution in [0, 0.1) is 0 Å². The molecule has 18 heavy (non-hydrogen) atoms. The Hall–Kier alpha value is -1.48. The van der Waals surface area contributed by atoms with Gasteiger partial charge in [0.15, 0.2) is 0 Å². The SMILES string of the molecule is COc1ccc(Cl)c2c1C(c1cnc[nH]1)CCC2. The lowest BCUT2D eigenvalue weighted by Gasteiger charge is -2.27. The molecule has 0 fully saturated rings. The van der Waals surface area contributed by atoms with E-state index in [0.29, 0.717) is 5.92 Å². The van der Waals surface area contributed by atoms with E-state index in [0.717, 1.165) is 35.7 Å². The van der Waals surface area contributed by atoms with E-state index in [1.807, 2.05) is 18.3 Å². The third kappa shape index (κ3) is 1.79. The number of rotatable bonds is 2. The zero-order valence-electron chi connectivity index (χ0n) is 10.2. The number of hydrogen-bond acceptors (Lipinski definition) is 2. The number of H-pyrrole nitrogens is 1. The Labute approximate surface area is 111 Å². The maximum absolute atomic E-state index is 6.32. The smallest absolute Gasteiger partial charge is 0.123 e. The summed E-state index contributed by atoms with van der Waals surface area (Å²) < 4.78 is 5.50. The molecule has 1 aliphatic rings. The summed E-state index contributed by atoms with van der Waals surface area (Å²) in [5, 5.41) is 0.843. The molecule has 1 aliphatic carbocycles. The number of nitrogens with one attached hydrogen (secondary N) is 1. The predicted octanol–water partition coefficient (Wildman–Crippen LogP) is 3.54. The van der Waals surface area contributed by atoms with Crippen molar-refractivity contribution in [2.45, 2.75) is 25.2 Å². The quantitative estimate of drug-likeness (QED) is 0.899. The van der Waals surface area contributed by atoms with E-state index in [4.69, 9.17) is 16.3 Å². The molecule has 2 aromatic rings. The molecule has 1 heterocycles. The van der Waals surface area contributed by atoms with Crippen molar-refractivity contribution < 1.29 is 4.74 Å². The summed E-state index contributed by atoms with van der Waals surface area (Å²) in [5.74, 6) is 1.23. The van der Waals surface area contributed by atoms with Gasteiger partial charge < -0.3 is 9.72 Å². The molecule has 0 saturated carbocycles. The lowest BCUT2D eigenvalue weighted by atomic mass is 9.80. The molecule has 1 unspecified atom stereocenters. The number of aromatic amines is 1. The fraction of sp³-hybridized carbons (Fsp3) is 0.357. The van der Waals surface area contributed by atoms with Crippen molar-refractivity contribution >= 4 is 11.6 Å². The van der Waals surface area contributed by atoms with Gasteiger partial charge in [-0.05, 0) is 37.0 Å². The molecular weight excluding hydrogens is 248 g/mol. The van der Waals surface area contributed by atoms with Crippen LogP contribution in [0.3, 0.4) is 0 Å². The lowest BCUT2D eigenvalue weighted by Crippen LogP contribution is -2.13. The fourth-order valence-electron chi connectivity index (χ4n) is 2.83. The van der Waals surface area contributed by atoms with Crippen molar-refractivity contribution in [3.8, 4) is 5.75 Å². The minimum atomic E-state index is 0.310. The van der Waals surface area contributed by atoms with Crippen LogP contribution in [0.1, 0.15) is 35.6 Å². The molecule has 1 aromatic carbocycles. The Kier molecular flexibility index (Phi) is 3.00. The van der Waals surface area contributed by atoms with Crippen molar-refractivity contribution in [2.24, 2.45) is 0 Å². The Morgan fingerprint density at radius 2 is 2.33 bits per heavy atom. The molecule has 3 rings (SSSR count). The van der Waals surface area contributed by atoms with Gasteiger partial charge >= 0.3 is 0 Å². The number of nitrogens with zero attached hydrogens (tertiary/aromatic N) is 1. The minimum absolute atomic E-state index is 0.310. The normalized spacial score (nSPS) is 18.4. The highest BCUT2D eigenvalue weighted by atomic mass is 35.5. The lowest BCUT2D eigenvalue weighted by molar-refractivity contribution is 0.402. The molecule has 1 aromatic heterocycles. The standard InChI is InChI=1S/C14H15ClN2O/c1-18-13-6-5-11(15)9-3-2-4-10(14(9)13)12-7-16-8-17-12/h5-8,10H,2-4H2,1H3,(H,16,17). The van der Waals surface area contributed by atoms with Gasteiger partial charge in [0.05, 0.1) is 13.4 Å². The van der Waals surface area contributed by atoms with Crippen molar-refractivity contribution in [3.63, 3.8) is 0 Å². The van der Waals surface area contributed by atoms with Gasteiger partial charge in [-0.25, -0.2) is 4.98 Å². The first-order chi connectivity index (χ1) is 8.81. The summed E-state index contributed by atoms with van der Waals surface area (Å²) in [7, 11) is 1.71. The van der Waals surface area contributed by atoms with E-state index in [-0.39, 0.29) is 0 Å². The molecule has 0 aliphatic heterocycles. The van der Waals surface area contributed by atoms with Gasteiger partial charge in [0, 0.05) is 28.4 Å². The first kappa shape index (κ1) is 11.6. The first-order valence-corrected chi connectivity index (χ1v) is 6.52. The second-order valence-electron chi connectivity index (χ2n) is 4.59. The second kappa shape index (κ2) is 4.65. The molecule has 0 radical (unpaired) electrons. The van der Waals surface area contributed by atoms with E-state index >= 15 is 0 Å². The van der Waals surface area contributed by atoms with Crippen molar-refractivity contribution in [3.05, 3.63) is 46.5 Å². The van der Waals surface area contributed by atoms with E-state index < -0.39 is 0 Å². The van der Waals surface area contributed by atoms with Gasteiger partial charge in [-0.15, -0.1) is 0 Å². The number of ether oxygens (including phenoxy) is 1. The largest absolute Gasteiger partial charge is 0.496 e. The summed E-state index contributed by atoms with van der Waals surface area (Å²) in [6, 6.07) is 3.88. The summed E-state index contributed by atoms with van der Waals surface area (Å²) >= 11 is 6.32. The van der Waals surface area contributed by atoms with E-state index in [1.165, 1.54) is 11.1 Å². The highest BCUT2D eigenvalue weighted by molar-refractivity contribution is 6.31. The van der Waals surface area contributed by atoms with Gasteiger partial charge in [-0.3, -0.25) is 0 Å². The molecule has 3 nitrogen and oxygen atoms in total. The first-order valence-electron chi connectivity index (χ1n) is 6.14. The Bertz CT molecular complexity index is 551. The number of methoxy groups -OCH3 is 1. The number of halogens is 1. The average molecular weight is 263 g/mol.